The van der Waals surface area contributed by atoms with Gasteiger partial charge in [-0.05, 0) is 13.8 Å². The highest BCUT2D eigenvalue weighted by molar-refractivity contribution is 5.80. The number of likely N-dealkylation sites (N-methyl/N-ethyl adjacent to an activating group) is 1. The van der Waals surface area contributed by atoms with E-state index in [0.717, 1.165) is 12.5 Å². The molecule has 0 saturated heterocycles. The third-order valence-corrected chi connectivity index (χ3v) is 1.84. The van der Waals surface area contributed by atoms with E-state index < -0.39 is 0 Å². The molecule has 0 unspecified atom stereocenters. The van der Waals surface area contributed by atoms with Crippen LogP contribution in [0.4, 0.5) is 5.95 Å². The van der Waals surface area contributed by atoms with Crippen molar-refractivity contribution in [2.75, 3.05) is 18.4 Å². The van der Waals surface area contributed by atoms with Gasteiger partial charge in [0.1, 0.15) is 0 Å². The predicted octanol–water partition coefficient (Wildman–Crippen LogP) is 0.451. The van der Waals surface area contributed by atoms with E-state index in [-0.39, 0.29) is 12.5 Å². The van der Waals surface area contributed by atoms with Crippen molar-refractivity contribution in [1.82, 2.24) is 14.9 Å². The zero-order valence-electron chi connectivity index (χ0n) is 8.58. The molecule has 0 aliphatic heterocycles. The minimum Gasteiger partial charge on any atom is -0.355 e. The molecule has 0 spiro atoms. The molecular weight excluding hydrogens is 180 g/mol. The number of aryl methyl sites for hydroxylation is 1. The molecule has 0 atom stereocenters. The van der Waals surface area contributed by atoms with Crippen molar-refractivity contribution >= 4 is 11.9 Å². The molecule has 1 heterocycles. The van der Waals surface area contributed by atoms with E-state index in [1.165, 1.54) is 0 Å². The van der Waals surface area contributed by atoms with Gasteiger partial charge in [-0.3, -0.25) is 4.79 Å². The van der Waals surface area contributed by atoms with Crippen LogP contribution < -0.4 is 10.6 Å². The molecule has 2 N–H and O–H groups in total. The topological polar surface area (TPSA) is 59.0 Å². The summed E-state index contributed by atoms with van der Waals surface area (Å²) in [7, 11) is 0. The number of anilines is 1. The van der Waals surface area contributed by atoms with Crippen LogP contribution in [-0.2, 0) is 11.3 Å². The van der Waals surface area contributed by atoms with Gasteiger partial charge in [0.2, 0.25) is 11.9 Å². The molecule has 78 valence electrons. The molecule has 0 radical (unpaired) electrons. The van der Waals surface area contributed by atoms with Gasteiger partial charge in [-0.15, -0.1) is 0 Å². The highest BCUT2D eigenvalue weighted by Gasteiger charge is 2.02. The summed E-state index contributed by atoms with van der Waals surface area (Å²) < 4.78 is 1.94. The molecule has 0 aromatic carbocycles. The van der Waals surface area contributed by atoms with E-state index in [9.17, 15) is 4.79 Å². The van der Waals surface area contributed by atoms with Crippen molar-refractivity contribution in [3.05, 3.63) is 12.4 Å². The zero-order valence-corrected chi connectivity index (χ0v) is 8.58. The van der Waals surface area contributed by atoms with Crippen molar-refractivity contribution < 1.29 is 4.79 Å². The minimum absolute atomic E-state index is 0.0156. The van der Waals surface area contributed by atoms with Gasteiger partial charge in [-0.2, -0.15) is 0 Å². The second-order valence-electron chi connectivity index (χ2n) is 2.84. The molecule has 1 aromatic rings. The molecule has 0 bridgehead atoms. The van der Waals surface area contributed by atoms with Crippen molar-refractivity contribution in [2.45, 2.75) is 20.4 Å². The second-order valence-corrected chi connectivity index (χ2v) is 2.84. The lowest BCUT2D eigenvalue weighted by Gasteiger charge is -2.07. The fourth-order valence-corrected chi connectivity index (χ4v) is 1.15. The highest BCUT2D eigenvalue weighted by Crippen LogP contribution is 2.02. The molecule has 1 amide bonds. The third-order valence-electron chi connectivity index (χ3n) is 1.84. The number of aromatic nitrogens is 2. The Morgan fingerprint density at radius 2 is 2.36 bits per heavy atom. The Labute approximate surface area is 83.5 Å². The number of amides is 1. The lowest BCUT2D eigenvalue weighted by Crippen LogP contribution is -2.30. The summed E-state index contributed by atoms with van der Waals surface area (Å²) in [5.41, 5.74) is 0. The lowest BCUT2D eigenvalue weighted by molar-refractivity contribution is -0.119. The van der Waals surface area contributed by atoms with E-state index >= 15 is 0 Å². The molecule has 0 fully saturated rings. The van der Waals surface area contributed by atoms with E-state index in [2.05, 4.69) is 15.6 Å². The van der Waals surface area contributed by atoms with Gasteiger partial charge in [-0.1, -0.05) is 0 Å². The molecule has 5 nitrogen and oxygen atoms in total. The maximum absolute atomic E-state index is 11.1. The van der Waals surface area contributed by atoms with Crippen LogP contribution in [0.15, 0.2) is 12.4 Å². The first-order valence-corrected chi connectivity index (χ1v) is 4.79. The number of nitrogens with zero attached hydrogens (tertiary/aromatic N) is 2. The van der Waals surface area contributed by atoms with Gasteiger partial charge in [0, 0.05) is 25.5 Å². The van der Waals surface area contributed by atoms with Crippen LogP contribution in [0.1, 0.15) is 13.8 Å². The summed E-state index contributed by atoms with van der Waals surface area (Å²) in [5.74, 6) is 0.719. The van der Waals surface area contributed by atoms with Gasteiger partial charge in [0.25, 0.3) is 0 Å². The SMILES string of the molecule is CCNC(=O)CNc1nccn1CC. The van der Waals surface area contributed by atoms with Crippen molar-refractivity contribution in [3.63, 3.8) is 0 Å². The first-order chi connectivity index (χ1) is 6.77. The van der Waals surface area contributed by atoms with Crippen LogP contribution in [0.25, 0.3) is 0 Å². The molecule has 14 heavy (non-hydrogen) atoms. The average molecular weight is 196 g/mol. The van der Waals surface area contributed by atoms with E-state index in [0.29, 0.717) is 6.54 Å². The van der Waals surface area contributed by atoms with Crippen molar-refractivity contribution in [1.29, 1.82) is 0 Å². The summed E-state index contributed by atoms with van der Waals surface area (Å²) in [6.07, 6.45) is 3.59. The zero-order chi connectivity index (χ0) is 10.4. The molecule has 1 aromatic heterocycles. The number of imidazole rings is 1. The van der Waals surface area contributed by atoms with Crippen LogP contribution in [0.2, 0.25) is 0 Å². The standard InChI is InChI=1S/C9H16N4O/c1-3-10-8(14)7-12-9-11-5-6-13(9)4-2/h5-6H,3-4,7H2,1-2H3,(H,10,14)(H,11,12). The monoisotopic (exact) mass is 196 g/mol. The van der Waals surface area contributed by atoms with Gasteiger partial charge < -0.3 is 15.2 Å². The maximum Gasteiger partial charge on any atom is 0.239 e. The van der Waals surface area contributed by atoms with Crippen molar-refractivity contribution in [3.8, 4) is 0 Å². The van der Waals surface area contributed by atoms with Crippen LogP contribution in [-0.4, -0.2) is 28.5 Å². The van der Waals surface area contributed by atoms with Gasteiger partial charge >= 0.3 is 0 Å². The maximum atomic E-state index is 11.1. The van der Waals surface area contributed by atoms with Gasteiger partial charge in [0.05, 0.1) is 6.54 Å². The Bertz CT molecular complexity index is 295. The lowest BCUT2D eigenvalue weighted by atomic mass is 10.5. The molecular formula is C9H16N4O. The summed E-state index contributed by atoms with van der Waals surface area (Å²) in [4.78, 5) is 15.2. The number of hydrogen-bond acceptors (Lipinski definition) is 3. The minimum atomic E-state index is -0.0156. The Balaban J connectivity index is 2.41. The van der Waals surface area contributed by atoms with Crippen LogP contribution >= 0.6 is 0 Å². The summed E-state index contributed by atoms with van der Waals surface area (Å²) in [5, 5.41) is 5.68. The highest BCUT2D eigenvalue weighted by atomic mass is 16.1. The quantitative estimate of drug-likeness (QED) is 0.719. The van der Waals surface area contributed by atoms with E-state index in [1.54, 1.807) is 6.20 Å². The molecule has 0 aliphatic carbocycles. The Hall–Kier alpha value is -1.52. The van der Waals surface area contributed by atoms with Gasteiger partial charge in [0.15, 0.2) is 0 Å². The Kier molecular flexibility index (Phi) is 3.97. The average Bonchev–Trinajstić information content (AvgIpc) is 2.62. The first kappa shape index (κ1) is 10.6. The molecule has 5 heteroatoms. The molecule has 1 rings (SSSR count). The smallest absolute Gasteiger partial charge is 0.239 e. The third kappa shape index (κ3) is 2.76. The number of carbonyl (C=O) groups excluding carboxylic acids is 1. The Morgan fingerprint density at radius 3 is 3.00 bits per heavy atom. The first-order valence-electron chi connectivity index (χ1n) is 4.79. The molecule has 0 aliphatic rings. The second kappa shape index (κ2) is 5.26. The van der Waals surface area contributed by atoms with E-state index in [4.69, 9.17) is 0 Å². The number of nitrogens with one attached hydrogen (secondary N) is 2. The summed E-state index contributed by atoms with van der Waals surface area (Å²) >= 11 is 0. The van der Waals surface area contributed by atoms with Crippen LogP contribution in [0.5, 0.6) is 0 Å². The summed E-state index contributed by atoms with van der Waals surface area (Å²) in [6.45, 7) is 5.69. The Morgan fingerprint density at radius 1 is 1.57 bits per heavy atom. The number of rotatable bonds is 5. The number of carbonyl (C=O) groups is 1. The van der Waals surface area contributed by atoms with Gasteiger partial charge in [-0.25, -0.2) is 4.98 Å². The number of hydrogen-bond donors (Lipinski definition) is 2. The van der Waals surface area contributed by atoms with Crippen LogP contribution in [0, 0.1) is 0 Å². The van der Waals surface area contributed by atoms with Crippen molar-refractivity contribution in [2.24, 2.45) is 0 Å². The predicted molar refractivity (Wildman–Crippen MR) is 55.1 cm³/mol. The largest absolute Gasteiger partial charge is 0.355 e. The fourth-order valence-electron chi connectivity index (χ4n) is 1.15. The normalized spacial score (nSPS) is 9.86. The fraction of sp³-hybridized carbons (Fsp3) is 0.556. The summed E-state index contributed by atoms with van der Waals surface area (Å²) in [6, 6.07) is 0. The molecule has 0 saturated carbocycles. The van der Waals surface area contributed by atoms with Crippen LogP contribution in [0.3, 0.4) is 0 Å². The van der Waals surface area contributed by atoms with E-state index in [1.807, 2.05) is 24.6 Å².